The summed E-state index contributed by atoms with van der Waals surface area (Å²) in [5.41, 5.74) is 5.44. The highest BCUT2D eigenvalue weighted by molar-refractivity contribution is 6.11. The summed E-state index contributed by atoms with van der Waals surface area (Å²) in [5.74, 6) is -1.99. The fraction of sp³-hybridized carbons (Fsp3) is 0.356. The zero-order valence-corrected chi connectivity index (χ0v) is 33.6. The van der Waals surface area contributed by atoms with Crippen molar-refractivity contribution in [1.29, 1.82) is 0 Å². The Labute approximate surface area is 349 Å². The number of piperazine rings is 1. The second kappa shape index (κ2) is 17.3. The molecule has 0 bridgehead atoms. The van der Waals surface area contributed by atoms with Gasteiger partial charge in [0.2, 0.25) is 11.8 Å². The minimum absolute atomic E-state index is 0.138. The van der Waals surface area contributed by atoms with E-state index in [1.807, 2.05) is 60.7 Å². The van der Waals surface area contributed by atoms with Gasteiger partial charge in [-0.2, -0.15) is 5.10 Å². The number of carbonyl (C=O) groups is 3. The number of aromatic nitrogens is 4. The number of nitrogens with one attached hydrogen (secondary N) is 4. The van der Waals surface area contributed by atoms with Gasteiger partial charge in [0.05, 0.1) is 22.1 Å². The third kappa shape index (κ3) is 8.63. The van der Waals surface area contributed by atoms with Crippen molar-refractivity contribution in [3.63, 3.8) is 0 Å². The molecule has 0 saturated carbocycles. The van der Waals surface area contributed by atoms with E-state index in [4.69, 9.17) is 4.74 Å². The summed E-state index contributed by atoms with van der Waals surface area (Å²) < 4.78 is 36.6. The molecule has 1 unspecified atom stereocenters. The lowest BCUT2D eigenvalue weighted by Crippen LogP contribution is -2.47. The third-order valence-corrected chi connectivity index (χ3v) is 12.0. The molecule has 1 atom stereocenters. The number of imidazole rings is 1. The Morgan fingerprint density at radius 2 is 1.61 bits per heavy atom. The van der Waals surface area contributed by atoms with Crippen molar-refractivity contribution in [1.82, 2.24) is 29.5 Å². The molecule has 61 heavy (non-hydrogen) atoms. The fourth-order valence-corrected chi connectivity index (χ4v) is 8.86. The van der Waals surface area contributed by atoms with Crippen molar-refractivity contribution < 1.29 is 27.9 Å². The van der Waals surface area contributed by atoms with E-state index < -0.39 is 23.6 Å². The van der Waals surface area contributed by atoms with Crippen LogP contribution >= 0.6 is 0 Å². The molecule has 0 spiro atoms. The van der Waals surface area contributed by atoms with Crippen LogP contribution in [0, 0.1) is 11.6 Å². The zero-order valence-electron chi connectivity index (χ0n) is 33.6. The highest BCUT2D eigenvalue weighted by Gasteiger charge is 2.32. The molecule has 3 saturated heterocycles. The molecule has 0 aliphatic carbocycles. The van der Waals surface area contributed by atoms with Crippen molar-refractivity contribution in [2.75, 3.05) is 61.5 Å². The van der Waals surface area contributed by atoms with Gasteiger partial charge in [-0.25, -0.2) is 13.6 Å². The molecule has 0 radical (unpaired) electrons. The summed E-state index contributed by atoms with van der Waals surface area (Å²) in [6.07, 6.45) is 3.17. The Hall–Kier alpha value is -6.39. The van der Waals surface area contributed by atoms with Crippen LogP contribution in [0.4, 0.5) is 26.0 Å². The average molecular weight is 832 g/mol. The van der Waals surface area contributed by atoms with E-state index in [2.05, 4.69) is 35.9 Å². The molecule has 4 N–H and O–H groups in total. The van der Waals surface area contributed by atoms with Crippen molar-refractivity contribution in [2.24, 2.45) is 0 Å². The molecule has 5 heterocycles. The fourth-order valence-electron chi connectivity index (χ4n) is 8.86. The van der Waals surface area contributed by atoms with Gasteiger partial charge >= 0.3 is 5.69 Å². The molecular weight excluding hydrogens is 785 g/mol. The maximum Gasteiger partial charge on any atom is 0.329 e. The van der Waals surface area contributed by atoms with Gasteiger partial charge in [-0.3, -0.25) is 38.8 Å². The number of imide groups is 1. The van der Waals surface area contributed by atoms with E-state index in [-0.39, 0.29) is 30.0 Å². The molecule has 4 aromatic carbocycles. The van der Waals surface area contributed by atoms with Crippen molar-refractivity contribution in [2.45, 2.75) is 57.2 Å². The third-order valence-electron chi connectivity index (χ3n) is 12.0. The molecule has 6 aromatic rings. The molecule has 3 fully saturated rings. The van der Waals surface area contributed by atoms with Gasteiger partial charge in [0.25, 0.3) is 5.91 Å². The normalized spacial score (nSPS) is 17.9. The molecule has 316 valence electrons. The number of nitrogens with zero attached hydrogens (tertiary/aromatic N) is 5. The number of fused-ring (bicyclic) bond motifs is 2. The molecule has 9 rings (SSSR count). The summed E-state index contributed by atoms with van der Waals surface area (Å²) in [4.78, 5) is 57.0. The molecule has 3 aliphatic heterocycles. The Morgan fingerprint density at radius 3 is 2.38 bits per heavy atom. The monoisotopic (exact) mass is 831 g/mol. The van der Waals surface area contributed by atoms with E-state index in [9.17, 15) is 28.0 Å². The van der Waals surface area contributed by atoms with Gasteiger partial charge in [0.15, 0.2) is 5.82 Å². The van der Waals surface area contributed by atoms with Gasteiger partial charge in [-0.05, 0) is 104 Å². The second-order valence-electron chi connectivity index (χ2n) is 16.1. The van der Waals surface area contributed by atoms with Crippen LogP contribution in [-0.4, -0.2) is 93.9 Å². The van der Waals surface area contributed by atoms with Gasteiger partial charge < -0.3 is 20.3 Å². The number of halogens is 2. The number of piperidine rings is 1. The summed E-state index contributed by atoms with van der Waals surface area (Å²) in [6, 6.07) is 21.8. The van der Waals surface area contributed by atoms with Gasteiger partial charge in [-0.15, -0.1) is 0 Å². The van der Waals surface area contributed by atoms with Crippen molar-refractivity contribution in [3.8, 4) is 0 Å². The number of carbonyl (C=O) groups excluding carboxylic acids is 3. The summed E-state index contributed by atoms with van der Waals surface area (Å²) in [6.45, 7) is 5.77. The highest BCUT2D eigenvalue weighted by atomic mass is 19.1. The maximum atomic E-state index is 14.0. The lowest BCUT2D eigenvalue weighted by molar-refractivity contribution is -0.135. The lowest BCUT2D eigenvalue weighted by atomic mass is 10.0. The van der Waals surface area contributed by atoms with Crippen LogP contribution < -0.4 is 26.5 Å². The SMILES string of the molecule is O=C1CCC(n2c(=O)n(CCCN3CCN(c4ccc(C(=O)Nc5n[nH]c6ccc(Cc7cc(F)cc(F)c7)cc56)c(NC5CCOCC5)c4)CC3)c3ccccc32)C(=O)N1. The first-order valence-corrected chi connectivity index (χ1v) is 20.9. The van der Waals surface area contributed by atoms with Gasteiger partial charge in [0.1, 0.15) is 17.7 Å². The number of para-hydroxylation sites is 2. The Morgan fingerprint density at radius 1 is 0.836 bits per heavy atom. The number of aryl methyl sites for hydroxylation is 1. The van der Waals surface area contributed by atoms with Gasteiger partial charge in [0, 0.05) is 81.2 Å². The van der Waals surface area contributed by atoms with Crippen LogP contribution in [0.3, 0.4) is 0 Å². The van der Waals surface area contributed by atoms with E-state index in [0.29, 0.717) is 66.0 Å². The molecular formula is C45H47F2N9O5. The summed E-state index contributed by atoms with van der Waals surface area (Å²) in [7, 11) is 0. The summed E-state index contributed by atoms with van der Waals surface area (Å²) in [5, 5.41) is 17.1. The van der Waals surface area contributed by atoms with Crippen LogP contribution in [0.15, 0.2) is 83.7 Å². The molecule has 2 aromatic heterocycles. The van der Waals surface area contributed by atoms with Crippen LogP contribution in [-0.2, 0) is 27.3 Å². The first-order chi connectivity index (χ1) is 29.7. The molecule has 3 amide bonds. The number of amides is 3. The molecule has 16 heteroatoms. The van der Waals surface area contributed by atoms with E-state index in [1.165, 1.54) is 16.7 Å². The first kappa shape index (κ1) is 40.0. The lowest BCUT2D eigenvalue weighted by Gasteiger charge is -2.36. The Bertz CT molecular complexity index is 2660. The number of anilines is 3. The predicted octanol–water partition coefficient (Wildman–Crippen LogP) is 5.58. The molecule has 3 aliphatic rings. The Balaban J connectivity index is 0.862. The number of H-pyrrole nitrogens is 1. The zero-order chi connectivity index (χ0) is 42.0. The minimum atomic E-state index is -0.722. The standard InChI is InChI=1S/C45H47F2N9O5/c46-30-23-29(24-31(47)26-30)22-28-6-9-36-35(25-28)42(52-51-36)50-43(58)34-8-7-33(27-37(34)48-32-12-20-61-21-13-32)54-18-16-53(17-19-54)14-3-15-55-38-4-1-2-5-39(38)56(45(55)60)40-10-11-41(57)49-44(40)59/h1-2,4-9,23-27,32,40,48H,3,10-22H2,(H,49,57,59)(H2,50,51,52,58). The Kier molecular flexibility index (Phi) is 11.4. The van der Waals surface area contributed by atoms with Crippen molar-refractivity contribution in [3.05, 3.63) is 118 Å². The average Bonchev–Trinajstić information content (AvgIpc) is 3.77. The van der Waals surface area contributed by atoms with Crippen LogP contribution in [0.2, 0.25) is 0 Å². The maximum absolute atomic E-state index is 14.0. The largest absolute Gasteiger partial charge is 0.381 e. The predicted molar refractivity (Wildman–Crippen MR) is 228 cm³/mol. The minimum Gasteiger partial charge on any atom is -0.381 e. The smallest absolute Gasteiger partial charge is 0.329 e. The first-order valence-electron chi connectivity index (χ1n) is 20.9. The van der Waals surface area contributed by atoms with E-state index in [1.54, 1.807) is 4.57 Å². The quantitative estimate of drug-likeness (QED) is 0.116. The van der Waals surface area contributed by atoms with Gasteiger partial charge in [-0.1, -0.05) is 18.2 Å². The van der Waals surface area contributed by atoms with Crippen molar-refractivity contribution >= 4 is 56.9 Å². The van der Waals surface area contributed by atoms with Crippen LogP contribution in [0.5, 0.6) is 0 Å². The number of rotatable bonds is 12. The number of benzene rings is 4. The molecule has 14 nitrogen and oxygen atoms in total. The van der Waals surface area contributed by atoms with E-state index >= 15 is 0 Å². The topological polar surface area (TPSA) is 159 Å². The highest BCUT2D eigenvalue weighted by Crippen LogP contribution is 2.30. The summed E-state index contributed by atoms with van der Waals surface area (Å²) >= 11 is 0. The number of hydrogen-bond donors (Lipinski definition) is 4. The van der Waals surface area contributed by atoms with Crippen LogP contribution in [0.25, 0.3) is 21.9 Å². The second-order valence-corrected chi connectivity index (χ2v) is 16.1. The van der Waals surface area contributed by atoms with E-state index in [0.717, 1.165) is 80.5 Å². The number of hydrogen-bond acceptors (Lipinski definition) is 9. The van der Waals surface area contributed by atoms with Crippen LogP contribution in [0.1, 0.15) is 59.6 Å². The number of ether oxygens (including phenoxy) is 1. The number of aromatic amines is 1.